The molecule has 2 aliphatic heterocycles. The van der Waals surface area contributed by atoms with Gasteiger partial charge in [-0.25, -0.2) is 13.6 Å². The maximum Gasteiger partial charge on any atom is 0.341 e. The zero-order valence-electron chi connectivity index (χ0n) is 15.5. The van der Waals surface area contributed by atoms with Crippen LogP contribution < -0.4 is 9.47 Å². The van der Waals surface area contributed by atoms with E-state index in [1.165, 1.54) is 0 Å². The minimum atomic E-state index is -1.03. The summed E-state index contributed by atoms with van der Waals surface area (Å²) in [6.07, 6.45) is 1.58. The number of carbonyl (C=O) groups excluding carboxylic acids is 2. The number of esters is 1. The van der Waals surface area contributed by atoms with Gasteiger partial charge in [0.25, 0.3) is 5.91 Å². The number of nitrogens with zero attached hydrogens (tertiary/aromatic N) is 1. The Morgan fingerprint density at radius 1 is 1.07 bits per heavy atom. The Labute approximate surface area is 166 Å². The number of hydrogen-bond donors (Lipinski definition) is 0. The Balaban J connectivity index is 1.42. The lowest BCUT2D eigenvalue weighted by Crippen LogP contribution is -2.34. The van der Waals surface area contributed by atoms with Gasteiger partial charge in [-0.05, 0) is 42.7 Å². The molecule has 0 bridgehead atoms. The molecule has 0 aliphatic carbocycles. The van der Waals surface area contributed by atoms with E-state index in [1.807, 2.05) is 18.2 Å². The maximum atomic E-state index is 13.7. The van der Waals surface area contributed by atoms with Gasteiger partial charge in [-0.3, -0.25) is 4.79 Å². The van der Waals surface area contributed by atoms with Crippen molar-refractivity contribution in [1.82, 2.24) is 4.90 Å². The zero-order valence-corrected chi connectivity index (χ0v) is 15.5. The van der Waals surface area contributed by atoms with Gasteiger partial charge >= 0.3 is 5.97 Å². The molecule has 1 amide bonds. The van der Waals surface area contributed by atoms with Crippen LogP contribution in [0.5, 0.6) is 11.5 Å². The third kappa shape index (κ3) is 4.01. The minimum absolute atomic E-state index is 0.167. The van der Waals surface area contributed by atoms with E-state index >= 15 is 0 Å². The van der Waals surface area contributed by atoms with Gasteiger partial charge in [0.15, 0.2) is 18.1 Å². The van der Waals surface area contributed by atoms with Crippen molar-refractivity contribution in [3.63, 3.8) is 0 Å². The molecular formula is C21H19F2NO5. The second kappa shape index (κ2) is 8.06. The van der Waals surface area contributed by atoms with Crippen molar-refractivity contribution in [2.45, 2.75) is 18.9 Å². The van der Waals surface area contributed by atoms with Crippen LogP contribution in [0.25, 0.3) is 0 Å². The van der Waals surface area contributed by atoms with Crippen molar-refractivity contribution < 1.29 is 32.6 Å². The van der Waals surface area contributed by atoms with Gasteiger partial charge in [0.05, 0.1) is 11.6 Å². The van der Waals surface area contributed by atoms with Crippen molar-refractivity contribution in [2.24, 2.45) is 0 Å². The topological polar surface area (TPSA) is 65.1 Å². The van der Waals surface area contributed by atoms with E-state index in [2.05, 4.69) is 0 Å². The van der Waals surface area contributed by atoms with Gasteiger partial charge in [-0.15, -0.1) is 0 Å². The first-order valence-corrected chi connectivity index (χ1v) is 9.34. The molecule has 6 nitrogen and oxygen atoms in total. The van der Waals surface area contributed by atoms with Crippen LogP contribution in [0.3, 0.4) is 0 Å². The van der Waals surface area contributed by atoms with E-state index in [9.17, 15) is 18.4 Å². The second-order valence-electron chi connectivity index (χ2n) is 6.85. The van der Waals surface area contributed by atoms with Crippen molar-refractivity contribution in [2.75, 3.05) is 26.4 Å². The third-order valence-electron chi connectivity index (χ3n) is 5.00. The number of likely N-dealkylation sites (tertiary alicyclic amines) is 1. The molecule has 2 aliphatic rings. The fourth-order valence-electron chi connectivity index (χ4n) is 3.62. The van der Waals surface area contributed by atoms with E-state index in [4.69, 9.17) is 14.2 Å². The summed E-state index contributed by atoms with van der Waals surface area (Å²) in [6.45, 7) is 0.983. The van der Waals surface area contributed by atoms with Gasteiger partial charge in [-0.2, -0.15) is 0 Å². The molecule has 0 saturated carbocycles. The van der Waals surface area contributed by atoms with E-state index in [0.717, 1.165) is 30.5 Å². The Morgan fingerprint density at radius 2 is 1.86 bits per heavy atom. The number of hydrogen-bond acceptors (Lipinski definition) is 5. The summed E-state index contributed by atoms with van der Waals surface area (Å²) in [5.41, 5.74) is 0.500. The number of benzene rings is 2. The SMILES string of the molecule is O=C(OCC(=O)N1CCCC1c1ccc2c(c1)OCCO2)c1ccc(F)cc1F. The van der Waals surface area contributed by atoms with Gasteiger partial charge < -0.3 is 19.1 Å². The lowest BCUT2D eigenvalue weighted by molar-refractivity contribution is -0.135. The van der Waals surface area contributed by atoms with Crippen LogP contribution in [0.15, 0.2) is 36.4 Å². The van der Waals surface area contributed by atoms with Crippen LogP contribution in [-0.2, 0) is 9.53 Å². The van der Waals surface area contributed by atoms with E-state index in [0.29, 0.717) is 37.3 Å². The van der Waals surface area contributed by atoms with Gasteiger partial charge in [0.2, 0.25) is 0 Å². The van der Waals surface area contributed by atoms with Crippen LogP contribution in [0, 0.1) is 11.6 Å². The van der Waals surface area contributed by atoms with Crippen molar-refractivity contribution in [3.8, 4) is 11.5 Å². The molecule has 29 heavy (non-hydrogen) atoms. The first-order chi connectivity index (χ1) is 14.0. The lowest BCUT2D eigenvalue weighted by Gasteiger charge is -2.26. The summed E-state index contributed by atoms with van der Waals surface area (Å²) in [5, 5.41) is 0. The first-order valence-electron chi connectivity index (χ1n) is 9.34. The van der Waals surface area contributed by atoms with Crippen molar-refractivity contribution in [1.29, 1.82) is 0 Å². The molecule has 0 N–H and O–H groups in total. The van der Waals surface area contributed by atoms with Crippen LogP contribution in [0.4, 0.5) is 8.78 Å². The van der Waals surface area contributed by atoms with Gasteiger partial charge in [0.1, 0.15) is 24.8 Å². The van der Waals surface area contributed by atoms with Crippen molar-refractivity contribution >= 4 is 11.9 Å². The van der Waals surface area contributed by atoms with Crippen LogP contribution >= 0.6 is 0 Å². The summed E-state index contributed by atoms with van der Waals surface area (Å²) in [5.74, 6) is -1.89. The summed E-state index contributed by atoms with van der Waals surface area (Å²) in [4.78, 5) is 26.3. The molecule has 8 heteroatoms. The molecule has 2 aromatic carbocycles. The van der Waals surface area contributed by atoms with Crippen molar-refractivity contribution in [3.05, 3.63) is 59.2 Å². The highest BCUT2D eigenvalue weighted by Gasteiger charge is 2.31. The average Bonchev–Trinajstić information content (AvgIpc) is 3.21. The molecule has 1 atom stereocenters. The number of rotatable bonds is 4. The van der Waals surface area contributed by atoms with E-state index < -0.39 is 29.8 Å². The molecule has 2 aromatic rings. The Bertz CT molecular complexity index is 949. The smallest absolute Gasteiger partial charge is 0.341 e. The predicted molar refractivity (Wildman–Crippen MR) is 97.8 cm³/mol. The normalized spacial score (nSPS) is 17.9. The number of halogens is 2. The Hall–Kier alpha value is -3.16. The second-order valence-corrected chi connectivity index (χ2v) is 6.85. The molecule has 1 unspecified atom stereocenters. The average molecular weight is 403 g/mol. The highest BCUT2D eigenvalue weighted by molar-refractivity contribution is 5.91. The standard InChI is InChI=1S/C21H19F2NO5/c22-14-4-5-15(16(23)11-14)21(26)29-12-20(25)24-7-1-2-17(24)13-3-6-18-19(10-13)28-9-8-27-18/h3-6,10-11,17H,1-2,7-9,12H2. The van der Waals surface area contributed by atoms with Crippen LogP contribution in [0.2, 0.25) is 0 Å². The molecule has 0 aromatic heterocycles. The Morgan fingerprint density at radius 3 is 2.66 bits per heavy atom. The summed E-state index contributed by atoms with van der Waals surface area (Å²) >= 11 is 0. The lowest BCUT2D eigenvalue weighted by atomic mass is 10.0. The van der Waals surface area contributed by atoms with Gasteiger partial charge in [0, 0.05) is 12.6 Å². The number of amides is 1. The zero-order chi connectivity index (χ0) is 20.4. The largest absolute Gasteiger partial charge is 0.486 e. The molecule has 2 heterocycles. The van der Waals surface area contributed by atoms with Crippen LogP contribution in [-0.4, -0.2) is 43.1 Å². The fourth-order valence-corrected chi connectivity index (χ4v) is 3.62. The third-order valence-corrected chi connectivity index (χ3v) is 5.00. The van der Waals surface area contributed by atoms with Gasteiger partial charge in [-0.1, -0.05) is 6.07 Å². The highest BCUT2D eigenvalue weighted by atomic mass is 19.1. The summed E-state index contributed by atoms with van der Waals surface area (Å²) in [7, 11) is 0. The molecule has 0 radical (unpaired) electrons. The number of fused-ring (bicyclic) bond motifs is 1. The molecular weight excluding hydrogens is 384 g/mol. The molecule has 0 spiro atoms. The summed E-state index contributed by atoms with van der Waals surface area (Å²) < 4.78 is 42.7. The molecule has 1 saturated heterocycles. The monoisotopic (exact) mass is 403 g/mol. The summed E-state index contributed by atoms with van der Waals surface area (Å²) in [6, 6.07) is 7.96. The number of carbonyl (C=O) groups is 2. The van der Waals surface area contributed by atoms with E-state index in [1.54, 1.807) is 4.90 Å². The Kier molecular flexibility index (Phi) is 5.33. The molecule has 4 rings (SSSR count). The quantitative estimate of drug-likeness (QED) is 0.734. The van der Waals surface area contributed by atoms with Crippen LogP contribution in [0.1, 0.15) is 34.8 Å². The molecule has 1 fully saturated rings. The van der Waals surface area contributed by atoms with E-state index in [-0.39, 0.29) is 11.9 Å². The fraction of sp³-hybridized carbons (Fsp3) is 0.333. The predicted octanol–water partition coefficient (Wildman–Crippen LogP) is 3.26. The maximum absolute atomic E-state index is 13.7. The molecule has 152 valence electrons. The first kappa shape index (κ1) is 19.2. The number of ether oxygens (including phenoxy) is 3. The highest BCUT2D eigenvalue weighted by Crippen LogP contribution is 2.38. The minimum Gasteiger partial charge on any atom is -0.486 e.